The van der Waals surface area contributed by atoms with Gasteiger partial charge in [-0.15, -0.1) is 0 Å². The zero-order chi connectivity index (χ0) is 32.4. The molecule has 0 amide bonds. The van der Waals surface area contributed by atoms with Crippen molar-refractivity contribution in [1.29, 1.82) is 0 Å². The van der Waals surface area contributed by atoms with Gasteiger partial charge in [-0.2, -0.15) is 0 Å². The number of carbonyl (C=O) groups is 4. The van der Waals surface area contributed by atoms with E-state index in [9.17, 15) is 19.2 Å². The van der Waals surface area contributed by atoms with Crippen LogP contribution in [0.1, 0.15) is 41.4 Å². The highest BCUT2D eigenvalue weighted by Gasteiger charge is 2.38. The van der Waals surface area contributed by atoms with Crippen LogP contribution in [0.15, 0.2) is 97.1 Å². The molecule has 12 heteroatoms. The van der Waals surface area contributed by atoms with Crippen LogP contribution in [0.4, 0.5) is 22.7 Å². The van der Waals surface area contributed by atoms with E-state index in [0.29, 0.717) is 22.7 Å². The highest BCUT2D eigenvalue weighted by Crippen LogP contribution is 2.25. The summed E-state index contributed by atoms with van der Waals surface area (Å²) < 4.78 is 22.4. The van der Waals surface area contributed by atoms with E-state index in [2.05, 4.69) is 0 Å². The van der Waals surface area contributed by atoms with E-state index >= 15 is 0 Å². The molecule has 12 nitrogen and oxygen atoms in total. The van der Waals surface area contributed by atoms with E-state index in [1.165, 1.54) is 48.5 Å². The van der Waals surface area contributed by atoms with Crippen LogP contribution in [-0.4, -0.2) is 50.3 Å². The fraction of sp³-hybridized carbons (Fsp3) is 0.152. The summed E-state index contributed by atoms with van der Waals surface area (Å²) in [6.07, 6.45) is 0. The summed E-state index contributed by atoms with van der Waals surface area (Å²) >= 11 is 0. The molecule has 4 aromatic carbocycles. The summed E-state index contributed by atoms with van der Waals surface area (Å²) in [7, 11) is 0. The average molecular weight is 613 g/mol. The topological polar surface area (TPSA) is 209 Å². The Morgan fingerprint density at radius 1 is 0.422 bits per heavy atom. The fourth-order valence-electron chi connectivity index (χ4n) is 4.12. The lowest BCUT2D eigenvalue weighted by Crippen LogP contribution is -2.44. The Morgan fingerprint density at radius 2 is 0.644 bits per heavy atom. The smallest absolute Gasteiger partial charge is 0.338 e. The van der Waals surface area contributed by atoms with Crippen molar-refractivity contribution in [2.45, 2.75) is 0 Å². The Labute approximate surface area is 258 Å². The molecule has 0 aliphatic carbocycles. The largest absolute Gasteiger partial charge is 0.461 e. The SMILES string of the molecule is Nc1cccc(C(=O)OCC(COC(=O)c2cccc(N)c2)(COC(=O)c2cccc(N)c2)COC(=O)c2cccc(N)c2)c1. The maximum atomic E-state index is 13.0. The molecule has 0 spiro atoms. The molecule has 45 heavy (non-hydrogen) atoms. The van der Waals surface area contributed by atoms with Gasteiger partial charge in [-0.3, -0.25) is 0 Å². The van der Waals surface area contributed by atoms with Crippen molar-refractivity contribution in [3.63, 3.8) is 0 Å². The minimum absolute atomic E-state index is 0.147. The lowest BCUT2D eigenvalue weighted by molar-refractivity contribution is -0.0641. The Morgan fingerprint density at radius 3 is 0.844 bits per heavy atom. The monoisotopic (exact) mass is 612 g/mol. The molecule has 4 rings (SSSR count). The van der Waals surface area contributed by atoms with Gasteiger partial charge < -0.3 is 41.9 Å². The number of hydrogen-bond donors (Lipinski definition) is 4. The Balaban J connectivity index is 1.63. The first kappa shape index (κ1) is 31.9. The molecule has 232 valence electrons. The third kappa shape index (κ3) is 8.97. The number of nitrogen functional groups attached to an aromatic ring is 4. The molecule has 0 atom stereocenters. The molecular weight excluding hydrogens is 580 g/mol. The second kappa shape index (κ2) is 14.4. The van der Waals surface area contributed by atoms with E-state index < -0.39 is 55.7 Å². The molecular formula is C33H32N4O8. The van der Waals surface area contributed by atoms with Gasteiger partial charge in [0.05, 0.1) is 22.3 Å². The van der Waals surface area contributed by atoms with Gasteiger partial charge in [0.2, 0.25) is 0 Å². The molecule has 0 bridgehead atoms. The van der Waals surface area contributed by atoms with Crippen LogP contribution < -0.4 is 22.9 Å². The first-order chi connectivity index (χ1) is 21.5. The number of anilines is 4. The summed E-state index contributed by atoms with van der Waals surface area (Å²) in [6, 6.07) is 24.4. The Bertz CT molecular complexity index is 1460. The van der Waals surface area contributed by atoms with E-state index in [1.54, 1.807) is 48.5 Å². The van der Waals surface area contributed by atoms with Crippen molar-refractivity contribution in [1.82, 2.24) is 0 Å². The first-order valence-corrected chi connectivity index (χ1v) is 13.6. The van der Waals surface area contributed by atoms with Crippen molar-refractivity contribution < 1.29 is 38.1 Å². The van der Waals surface area contributed by atoms with Gasteiger partial charge in [-0.05, 0) is 72.8 Å². The predicted octanol–water partition coefficient (Wildman–Crippen LogP) is 3.73. The van der Waals surface area contributed by atoms with Gasteiger partial charge in [0.15, 0.2) is 0 Å². The van der Waals surface area contributed by atoms with Gasteiger partial charge >= 0.3 is 23.9 Å². The number of carbonyl (C=O) groups excluding carboxylic acids is 4. The summed E-state index contributed by atoms with van der Waals surface area (Å²) in [5, 5.41) is 0. The fourth-order valence-corrected chi connectivity index (χ4v) is 4.12. The maximum absolute atomic E-state index is 13.0. The highest BCUT2D eigenvalue weighted by atomic mass is 16.6. The van der Waals surface area contributed by atoms with Crippen LogP contribution in [0.2, 0.25) is 0 Å². The standard InChI is InChI=1S/C33H32N4O8/c34-25-9-1-5-21(13-25)29(38)42-17-33(18-43-30(39)22-6-2-10-26(35)14-22,19-44-31(40)23-7-3-11-27(36)15-23)20-45-32(41)24-8-4-12-28(37)16-24/h1-16H,17-20,34-37H2. The molecule has 0 fully saturated rings. The molecule has 0 heterocycles. The van der Waals surface area contributed by atoms with Gasteiger partial charge in [-0.1, -0.05) is 24.3 Å². The van der Waals surface area contributed by atoms with Gasteiger partial charge in [0, 0.05) is 22.7 Å². The molecule has 8 N–H and O–H groups in total. The predicted molar refractivity (Wildman–Crippen MR) is 167 cm³/mol. The molecule has 0 saturated carbocycles. The second-order valence-electron chi connectivity index (χ2n) is 10.3. The van der Waals surface area contributed by atoms with Crippen LogP contribution in [0.3, 0.4) is 0 Å². The maximum Gasteiger partial charge on any atom is 0.338 e. The number of rotatable bonds is 12. The van der Waals surface area contributed by atoms with Crippen molar-refractivity contribution in [2.24, 2.45) is 5.41 Å². The van der Waals surface area contributed by atoms with Crippen molar-refractivity contribution >= 4 is 46.6 Å². The van der Waals surface area contributed by atoms with E-state index in [0.717, 1.165) is 0 Å². The van der Waals surface area contributed by atoms with Crippen molar-refractivity contribution in [3.05, 3.63) is 119 Å². The molecule has 0 aliphatic rings. The van der Waals surface area contributed by atoms with Crippen LogP contribution >= 0.6 is 0 Å². The van der Waals surface area contributed by atoms with E-state index in [4.69, 9.17) is 41.9 Å². The zero-order valence-corrected chi connectivity index (χ0v) is 24.1. The summed E-state index contributed by atoms with van der Waals surface area (Å²) in [5.41, 5.74) is 23.6. The third-order valence-electron chi connectivity index (χ3n) is 6.53. The molecule has 0 radical (unpaired) electrons. The van der Waals surface area contributed by atoms with Gasteiger partial charge in [0.1, 0.15) is 31.8 Å². The number of ether oxygens (including phenoxy) is 4. The number of hydrogen-bond acceptors (Lipinski definition) is 12. The minimum Gasteiger partial charge on any atom is -0.461 e. The normalized spacial score (nSPS) is 10.8. The molecule has 4 aromatic rings. The molecule has 0 aromatic heterocycles. The van der Waals surface area contributed by atoms with E-state index in [1.807, 2.05) is 0 Å². The number of esters is 4. The summed E-state index contributed by atoms with van der Waals surface area (Å²) in [5.74, 6) is -3.06. The second-order valence-corrected chi connectivity index (χ2v) is 10.3. The van der Waals surface area contributed by atoms with Crippen LogP contribution in [0, 0.1) is 5.41 Å². The average Bonchev–Trinajstić information content (AvgIpc) is 3.03. The number of benzene rings is 4. The Kier molecular flexibility index (Phi) is 10.2. The summed E-state index contributed by atoms with van der Waals surface area (Å²) in [6.45, 7) is -2.00. The molecule has 0 saturated heterocycles. The minimum atomic E-state index is -1.57. The third-order valence-corrected chi connectivity index (χ3v) is 6.53. The lowest BCUT2D eigenvalue weighted by atomic mass is 9.92. The van der Waals surface area contributed by atoms with Crippen molar-refractivity contribution in [2.75, 3.05) is 49.4 Å². The van der Waals surface area contributed by atoms with Crippen LogP contribution in [0.5, 0.6) is 0 Å². The highest BCUT2D eigenvalue weighted by molar-refractivity contribution is 5.92. The quantitative estimate of drug-likeness (QED) is 0.102. The van der Waals surface area contributed by atoms with E-state index in [-0.39, 0.29) is 22.3 Å². The Hall–Kier alpha value is -6.04. The van der Waals surface area contributed by atoms with Crippen LogP contribution in [0.25, 0.3) is 0 Å². The van der Waals surface area contributed by atoms with Crippen LogP contribution in [-0.2, 0) is 18.9 Å². The molecule has 0 aliphatic heterocycles. The zero-order valence-electron chi connectivity index (χ0n) is 24.1. The van der Waals surface area contributed by atoms with Gasteiger partial charge in [0.25, 0.3) is 0 Å². The number of nitrogens with two attached hydrogens (primary N) is 4. The lowest BCUT2D eigenvalue weighted by Gasteiger charge is -2.31. The summed E-state index contributed by atoms with van der Waals surface area (Å²) in [4.78, 5) is 52.0. The van der Waals surface area contributed by atoms with Gasteiger partial charge in [-0.25, -0.2) is 19.2 Å². The molecule has 0 unspecified atom stereocenters. The first-order valence-electron chi connectivity index (χ1n) is 13.6. The van der Waals surface area contributed by atoms with Crippen molar-refractivity contribution in [3.8, 4) is 0 Å².